The number of amides is 1. The van der Waals surface area contributed by atoms with Crippen LogP contribution < -0.4 is 10.1 Å². The van der Waals surface area contributed by atoms with E-state index in [0.29, 0.717) is 24.8 Å². The van der Waals surface area contributed by atoms with Crippen molar-refractivity contribution < 1.29 is 9.53 Å². The lowest BCUT2D eigenvalue weighted by Crippen LogP contribution is -2.40. The Hall–Kier alpha value is -2.92. The molecule has 0 bridgehead atoms. The molecule has 3 aromatic rings. The first-order valence-corrected chi connectivity index (χ1v) is 12.3. The molecule has 4 rings (SSSR count). The molecule has 1 aliphatic rings. The summed E-state index contributed by atoms with van der Waals surface area (Å²) in [7, 11) is 0. The van der Waals surface area contributed by atoms with Crippen molar-refractivity contribution in [1.82, 2.24) is 15.2 Å². The molecule has 5 heteroatoms. The van der Waals surface area contributed by atoms with Crippen LogP contribution in [0.5, 0.6) is 5.75 Å². The summed E-state index contributed by atoms with van der Waals surface area (Å²) in [6.07, 6.45) is 6.12. The summed E-state index contributed by atoms with van der Waals surface area (Å²) < 4.78 is 5.55. The number of para-hydroxylation sites is 1. The third-order valence-electron chi connectivity index (χ3n) is 6.55. The first-order valence-electron chi connectivity index (χ1n) is 12.3. The van der Waals surface area contributed by atoms with Crippen LogP contribution in [0.2, 0.25) is 0 Å². The highest BCUT2D eigenvalue weighted by Crippen LogP contribution is 2.26. The van der Waals surface area contributed by atoms with Crippen molar-refractivity contribution in [3.8, 4) is 17.0 Å². The molecule has 33 heavy (non-hydrogen) atoms. The number of fused-ring (bicyclic) bond motifs is 1. The molecule has 2 heterocycles. The number of piperidine rings is 1. The topological polar surface area (TPSA) is 54.5 Å². The zero-order valence-corrected chi connectivity index (χ0v) is 19.8. The average molecular weight is 446 g/mol. The first-order chi connectivity index (χ1) is 16.2. The van der Waals surface area contributed by atoms with Gasteiger partial charge < -0.3 is 15.0 Å². The number of carbonyl (C=O) groups excluding carboxylic acids is 1. The SMILES string of the molecule is CCOc1ccc(-c2cc(C(=O)NCCCN3CCCC[C@@H]3CC)c3ccccc3n2)cc1. The van der Waals surface area contributed by atoms with Crippen LogP contribution in [0.1, 0.15) is 56.3 Å². The molecule has 1 saturated heterocycles. The van der Waals surface area contributed by atoms with E-state index in [2.05, 4.69) is 17.1 Å². The molecule has 0 radical (unpaired) electrons. The van der Waals surface area contributed by atoms with Gasteiger partial charge in [0.05, 0.1) is 23.4 Å². The quantitative estimate of drug-likeness (QED) is 0.430. The van der Waals surface area contributed by atoms with Gasteiger partial charge in [-0.1, -0.05) is 31.5 Å². The fraction of sp³-hybridized carbons (Fsp3) is 0.429. The number of hydrogen-bond acceptors (Lipinski definition) is 4. The normalized spacial score (nSPS) is 16.6. The van der Waals surface area contributed by atoms with Crippen molar-refractivity contribution in [1.29, 1.82) is 0 Å². The van der Waals surface area contributed by atoms with Gasteiger partial charge in [0.25, 0.3) is 5.91 Å². The second-order valence-electron chi connectivity index (χ2n) is 8.73. The summed E-state index contributed by atoms with van der Waals surface area (Å²) in [5.41, 5.74) is 3.26. The number of ether oxygens (including phenoxy) is 1. The van der Waals surface area contributed by atoms with Crippen LogP contribution in [0.25, 0.3) is 22.2 Å². The summed E-state index contributed by atoms with van der Waals surface area (Å²) in [5.74, 6) is 0.797. The van der Waals surface area contributed by atoms with Crippen molar-refractivity contribution in [3.05, 3.63) is 60.2 Å². The van der Waals surface area contributed by atoms with E-state index in [1.54, 1.807) is 0 Å². The molecule has 0 spiro atoms. The predicted octanol–water partition coefficient (Wildman–Crippen LogP) is 5.68. The average Bonchev–Trinajstić information content (AvgIpc) is 2.86. The van der Waals surface area contributed by atoms with E-state index in [1.165, 1.54) is 32.2 Å². The maximum atomic E-state index is 13.2. The van der Waals surface area contributed by atoms with Gasteiger partial charge in [0.1, 0.15) is 5.75 Å². The van der Waals surface area contributed by atoms with Gasteiger partial charge >= 0.3 is 0 Å². The van der Waals surface area contributed by atoms with Gasteiger partial charge in [0, 0.05) is 30.1 Å². The second kappa shape index (κ2) is 11.3. The van der Waals surface area contributed by atoms with Gasteiger partial charge in [0.15, 0.2) is 0 Å². The summed E-state index contributed by atoms with van der Waals surface area (Å²) >= 11 is 0. The molecule has 174 valence electrons. The molecule has 0 saturated carbocycles. The van der Waals surface area contributed by atoms with Crippen molar-refractivity contribution in [2.45, 2.75) is 52.0 Å². The van der Waals surface area contributed by atoms with Crippen LogP contribution in [0, 0.1) is 0 Å². The smallest absolute Gasteiger partial charge is 0.252 e. The Morgan fingerprint density at radius 1 is 1.12 bits per heavy atom. The van der Waals surface area contributed by atoms with Crippen LogP contribution in [0.4, 0.5) is 0 Å². The number of aromatic nitrogens is 1. The van der Waals surface area contributed by atoms with Crippen LogP contribution in [-0.2, 0) is 0 Å². The highest BCUT2D eigenvalue weighted by Gasteiger charge is 2.20. The second-order valence-corrected chi connectivity index (χ2v) is 8.73. The Balaban J connectivity index is 1.47. The van der Waals surface area contributed by atoms with E-state index in [9.17, 15) is 4.79 Å². The minimum Gasteiger partial charge on any atom is -0.494 e. The molecule has 5 nitrogen and oxygen atoms in total. The minimum absolute atomic E-state index is 0.0357. The summed E-state index contributed by atoms with van der Waals surface area (Å²) in [5, 5.41) is 4.04. The molecule has 0 unspecified atom stereocenters. The van der Waals surface area contributed by atoms with E-state index >= 15 is 0 Å². The third-order valence-corrected chi connectivity index (χ3v) is 6.55. The lowest BCUT2D eigenvalue weighted by Gasteiger charge is -2.35. The van der Waals surface area contributed by atoms with Gasteiger partial charge in [0.2, 0.25) is 0 Å². The maximum absolute atomic E-state index is 13.2. The van der Waals surface area contributed by atoms with E-state index in [-0.39, 0.29) is 5.91 Å². The van der Waals surface area contributed by atoms with Crippen molar-refractivity contribution >= 4 is 16.8 Å². The predicted molar refractivity (Wildman–Crippen MR) is 135 cm³/mol. The van der Waals surface area contributed by atoms with Gasteiger partial charge in [-0.15, -0.1) is 0 Å². The number of likely N-dealkylation sites (tertiary alicyclic amines) is 1. The highest BCUT2D eigenvalue weighted by molar-refractivity contribution is 6.07. The Morgan fingerprint density at radius 3 is 2.73 bits per heavy atom. The largest absolute Gasteiger partial charge is 0.494 e. The number of pyridine rings is 1. The fourth-order valence-electron chi connectivity index (χ4n) is 4.80. The lowest BCUT2D eigenvalue weighted by molar-refractivity contribution is 0.0949. The molecular formula is C28H35N3O2. The zero-order chi connectivity index (χ0) is 23.0. The van der Waals surface area contributed by atoms with E-state index in [1.807, 2.05) is 61.5 Å². The molecule has 1 fully saturated rings. The third kappa shape index (κ3) is 5.72. The summed E-state index contributed by atoms with van der Waals surface area (Å²) in [6.45, 7) is 7.80. The lowest BCUT2D eigenvalue weighted by atomic mass is 10.00. The monoisotopic (exact) mass is 445 g/mol. The number of hydrogen-bond donors (Lipinski definition) is 1. The number of rotatable bonds is 9. The number of nitrogens with zero attached hydrogens (tertiary/aromatic N) is 2. The maximum Gasteiger partial charge on any atom is 0.252 e. The Bertz CT molecular complexity index is 1060. The van der Waals surface area contributed by atoms with Crippen molar-refractivity contribution in [3.63, 3.8) is 0 Å². The standard InChI is InChI=1S/C28H35N3O2/c1-3-22-10-7-8-18-31(22)19-9-17-29-28(32)25-20-27(30-26-12-6-5-11-24(25)26)21-13-15-23(16-14-21)33-4-2/h5-6,11-16,20,22H,3-4,7-10,17-19H2,1-2H3,(H,29,32)/t22-/m0/s1. The molecule has 1 amide bonds. The molecule has 1 atom stereocenters. The van der Waals surface area contributed by atoms with Crippen LogP contribution in [0.3, 0.4) is 0 Å². The highest BCUT2D eigenvalue weighted by atomic mass is 16.5. The Labute approximate surface area is 197 Å². The number of nitrogens with one attached hydrogen (secondary N) is 1. The van der Waals surface area contributed by atoms with Crippen molar-refractivity contribution in [2.75, 3.05) is 26.2 Å². The molecule has 1 aliphatic heterocycles. The number of benzene rings is 2. The van der Waals surface area contributed by atoms with Gasteiger partial charge in [-0.2, -0.15) is 0 Å². The fourth-order valence-corrected chi connectivity index (χ4v) is 4.80. The minimum atomic E-state index is -0.0357. The van der Waals surface area contributed by atoms with Gasteiger partial charge in [-0.3, -0.25) is 4.79 Å². The zero-order valence-electron chi connectivity index (χ0n) is 19.8. The van der Waals surface area contributed by atoms with Crippen LogP contribution in [-0.4, -0.2) is 48.1 Å². The molecule has 1 N–H and O–H groups in total. The first kappa shape index (κ1) is 23.2. The Morgan fingerprint density at radius 2 is 1.94 bits per heavy atom. The van der Waals surface area contributed by atoms with Gasteiger partial charge in [-0.05, 0) is 75.5 Å². The van der Waals surface area contributed by atoms with E-state index in [0.717, 1.165) is 40.9 Å². The molecular weight excluding hydrogens is 410 g/mol. The van der Waals surface area contributed by atoms with E-state index in [4.69, 9.17) is 9.72 Å². The molecule has 1 aromatic heterocycles. The van der Waals surface area contributed by atoms with Crippen LogP contribution >= 0.6 is 0 Å². The molecule has 0 aliphatic carbocycles. The summed E-state index contributed by atoms with van der Waals surface area (Å²) in [6, 6.07) is 18.3. The van der Waals surface area contributed by atoms with Crippen LogP contribution in [0.15, 0.2) is 54.6 Å². The number of carbonyl (C=O) groups is 1. The van der Waals surface area contributed by atoms with Gasteiger partial charge in [-0.25, -0.2) is 4.98 Å². The molecule has 2 aromatic carbocycles. The van der Waals surface area contributed by atoms with E-state index < -0.39 is 0 Å². The Kier molecular flexibility index (Phi) is 7.95. The summed E-state index contributed by atoms with van der Waals surface area (Å²) in [4.78, 5) is 20.6. The van der Waals surface area contributed by atoms with Crippen molar-refractivity contribution in [2.24, 2.45) is 0 Å².